The summed E-state index contributed by atoms with van der Waals surface area (Å²) in [6.07, 6.45) is 2.40. The van der Waals surface area contributed by atoms with Crippen LogP contribution in [-0.4, -0.2) is 33.6 Å². The van der Waals surface area contributed by atoms with E-state index in [4.69, 9.17) is 0 Å². The number of aromatic nitrogens is 1. The molecular weight excluding hydrogens is 428 g/mol. The van der Waals surface area contributed by atoms with Crippen LogP contribution in [0.3, 0.4) is 0 Å². The van der Waals surface area contributed by atoms with Crippen molar-refractivity contribution >= 4 is 17.7 Å². The maximum atomic E-state index is 12.9. The lowest BCUT2D eigenvalue weighted by Gasteiger charge is -2.29. The highest BCUT2D eigenvalue weighted by molar-refractivity contribution is 6.05. The van der Waals surface area contributed by atoms with Crippen molar-refractivity contribution < 1.29 is 14.4 Å². The number of carbonyl (C=O) groups excluding carboxylic acids is 3. The van der Waals surface area contributed by atoms with E-state index in [2.05, 4.69) is 40.7 Å². The first-order chi connectivity index (χ1) is 16.5. The van der Waals surface area contributed by atoms with E-state index in [0.717, 1.165) is 22.4 Å². The molecule has 2 N–H and O–H groups in total. The predicted octanol–water partition coefficient (Wildman–Crippen LogP) is 3.36. The fourth-order valence-electron chi connectivity index (χ4n) is 4.61. The molecule has 34 heavy (non-hydrogen) atoms. The van der Waals surface area contributed by atoms with E-state index in [1.807, 2.05) is 42.5 Å². The Morgan fingerprint density at radius 3 is 2.71 bits per heavy atom. The average molecular weight is 455 g/mol. The number of hydrogen-bond acceptors (Lipinski definition) is 5. The van der Waals surface area contributed by atoms with Crippen LogP contribution in [0.1, 0.15) is 52.9 Å². The third-order valence-electron chi connectivity index (χ3n) is 6.56. The van der Waals surface area contributed by atoms with E-state index in [-0.39, 0.29) is 24.3 Å². The number of piperidine rings is 1. The third-order valence-corrected chi connectivity index (χ3v) is 6.56. The molecule has 2 atom stereocenters. The van der Waals surface area contributed by atoms with Crippen molar-refractivity contribution in [2.45, 2.75) is 44.9 Å². The lowest BCUT2D eigenvalue weighted by atomic mass is 10.0. The van der Waals surface area contributed by atoms with Gasteiger partial charge < -0.3 is 10.2 Å². The van der Waals surface area contributed by atoms with E-state index in [1.165, 1.54) is 5.56 Å². The first kappa shape index (κ1) is 22.0. The van der Waals surface area contributed by atoms with Crippen LogP contribution >= 0.6 is 0 Å². The SMILES string of the molecule is C[C@@H](NCc1ccnc(-c2ccc3c(c2)CN(C2CCC(=O)NC2=O)C3=O)c1)c1ccccc1. The van der Waals surface area contributed by atoms with Gasteiger partial charge in [-0.1, -0.05) is 36.4 Å². The summed E-state index contributed by atoms with van der Waals surface area (Å²) in [7, 11) is 0. The molecule has 172 valence electrons. The molecule has 2 aliphatic rings. The Labute approximate surface area is 198 Å². The van der Waals surface area contributed by atoms with Crippen molar-refractivity contribution in [3.05, 3.63) is 89.1 Å². The lowest BCUT2D eigenvalue weighted by molar-refractivity contribution is -0.136. The minimum atomic E-state index is -0.611. The van der Waals surface area contributed by atoms with E-state index in [0.29, 0.717) is 25.1 Å². The molecule has 0 aliphatic carbocycles. The summed E-state index contributed by atoms with van der Waals surface area (Å²) in [6.45, 7) is 3.20. The molecule has 0 radical (unpaired) electrons. The van der Waals surface area contributed by atoms with Gasteiger partial charge in [-0.2, -0.15) is 0 Å². The first-order valence-corrected chi connectivity index (χ1v) is 11.5. The van der Waals surface area contributed by atoms with Crippen LogP contribution in [0.2, 0.25) is 0 Å². The fourth-order valence-corrected chi connectivity index (χ4v) is 4.61. The molecule has 1 aromatic heterocycles. The van der Waals surface area contributed by atoms with Crippen molar-refractivity contribution in [1.29, 1.82) is 0 Å². The van der Waals surface area contributed by atoms with Gasteiger partial charge in [-0.3, -0.25) is 24.7 Å². The Hall–Kier alpha value is -3.84. The first-order valence-electron chi connectivity index (χ1n) is 11.5. The van der Waals surface area contributed by atoms with Gasteiger partial charge in [0.2, 0.25) is 11.8 Å². The summed E-state index contributed by atoms with van der Waals surface area (Å²) >= 11 is 0. The molecule has 2 aliphatic heterocycles. The van der Waals surface area contributed by atoms with Gasteiger partial charge in [-0.15, -0.1) is 0 Å². The second-order valence-corrected chi connectivity index (χ2v) is 8.83. The molecule has 1 fully saturated rings. The Balaban J connectivity index is 1.30. The largest absolute Gasteiger partial charge is 0.322 e. The van der Waals surface area contributed by atoms with Crippen LogP contribution in [0.4, 0.5) is 0 Å². The van der Waals surface area contributed by atoms with E-state index >= 15 is 0 Å². The van der Waals surface area contributed by atoms with Gasteiger partial charge in [0.15, 0.2) is 0 Å². The zero-order valence-corrected chi connectivity index (χ0v) is 19.0. The smallest absolute Gasteiger partial charge is 0.255 e. The highest BCUT2D eigenvalue weighted by atomic mass is 16.2. The summed E-state index contributed by atoms with van der Waals surface area (Å²) in [5.74, 6) is -0.854. The van der Waals surface area contributed by atoms with Gasteiger partial charge in [0, 0.05) is 42.9 Å². The molecule has 1 saturated heterocycles. The second-order valence-electron chi connectivity index (χ2n) is 8.83. The van der Waals surface area contributed by atoms with Crippen molar-refractivity contribution in [1.82, 2.24) is 20.5 Å². The van der Waals surface area contributed by atoms with E-state index in [1.54, 1.807) is 11.1 Å². The summed E-state index contributed by atoms with van der Waals surface area (Å²) in [6, 6.07) is 19.7. The number of nitrogens with zero attached hydrogens (tertiary/aromatic N) is 2. The molecule has 0 spiro atoms. The Kier molecular flexibility index (Phi) is 5.94. The molecule has 7 heteroatoms. The second kappa shape index (κ2) is 9.19. The molecule has 0 bridgehead atoms. The molecule has 0 saturated carbocycles. The van der Waals surface area contributed by atoms with Gasteiger partial charge >= 0.3 is 0 Å². The topological polar surface area (TPSA) is 91.4 Å². The number of carbonyl (C=O) groups is 3. The molecule has 7 nitrogen and oxygen atoms in total. The molecule has 2 aromatic carbocycles. The predicted molar refractivity (Wildman–Crippen MR) is 127 cm³/mol. The fraction of sp³-hybridized carbons (Fsp3) is 0.259. The zero-order valence-electron chi connectivity index (χ0n) is 19.0. The third kappa shape index (κ3) is 4.34. The van der Waals surface area contributed by atoms with Crippen LogP contribution in [-0.2, 0) is 22.7 Å². The number of fused-ring (bicyclic) bond motifs is 1. The summed E-state index contributed by atoms with van der Waals surface area (Å²) in [4.78, 5) is 42.8. The monoisotopic (exact) mass is 454 g/mol. The van der Waals surface area contributed by atoms with Crippen molar-refractivity contribution in [2.75, 3.05) is 0 Å². The summed E-state index contributed by atoms with van der Waals surface area (Å²) < 4.78 is 0. The highest BCUT2D eigenvalue weighted by Crippen LogP contribution is 2.31. The number of rotatable bonds is 6. The zero-order chi connectivity index (χ0) is 23.7. The van der Waals surface area contributed by atoms with Crippen molar-refractivity contribution in [3.63, 3.8) is 0 Å². The van der Waals surface area contributed by atoms with E-state index in [9.17, 15) is 14.4 Å². The molecule has 3 aromatic rings. The Bertz CT molecular complexity index is 1260. The van der Waals surface area contributed by atoms with Gasteiger partial charge in [-0.25, -0.2) is 0 Å². The minimum Gasteiger partial charge on any atom is -0.322 e. The van der Waals surface area contributed by atoms with Crippen LogP contribution in [0.25, 0.3) is 11.3 Å². The molecule has 3 amide bonds. The van der Waals surface area contributed by atoms with Crippen LogP contribution < -0.4 is 10.6 Å². The maximum absolute atomic E-state index is 12.9. The van der Waals surface area contributed by atoms with Crippen molar-refractivity contribution in [3.8, 4) is 11.3 Å². The summed E-state index contributed by atoms with van der Waals surface area (Å²) in [5, 5.41) is 5.89. The van der Waals surface area contributed by atoms with Gasteiger partial charge in [0.25, 0.3) is 5.91 Å². The van der Waals surface area contributed by atoms with Crippen LogP contribution in [0, 0.1) is 0 Å². The molecule has 3 heterocycles. The Morgan fingerprint density at radius 2 is 1.91 bits per heavy atom. The van der Waals surface area contributed by atoms with Gasteiger partial charge in [-0.05, 0) is 54.3 Å². The van der Waals surface area contributed by atoms with Crippen LogP contribution in [0.5, 0.6) is 0 Å². The molecule has 5 rings (SSSR count). The number of amides is 3. The van der Waals surface area contributed by atoms with Crippen LogP contribution in [0.15, 0.2) is 66.9 Å². The minimum absolute atomic E-state index is 0.170. The normalized spacial score (nSPS) is 18.6. The number of nitrogens with one attached hydrogen (secondary N) is 2. The lowest BCUT2D eigenvalue weighted by Crippen LogP contribution is -2.52. The standard InChI is InChI=1S/C27H26N4O3/c1-17(19-5-3-2-4-6-19)29-15-18-11-12-28-23(13-18)20-7-8-22-21(14-20)16-31(27(22)34)24-9-10-25(32)30-26(24)33/h2-8,11-14,17,24,29H,9-10,15-16H2,1H3,(H,30,32,33)/t17-,24?/m1/s1. The summed E-state index contributed by atoms with van der Waals surface area (Å²) in [5.41, 5.74) is 5.59. The molecule has 1 unspecified atom stereocenters. The van der Waals surface area contributed by atoms with E-state index < -0.39 is 11.9 Å². The quantitative estimate of drug-likeness (QED) is 0.558. The molecular formula is C27H26N4O3. The van der Waals surface area contributed by atoms with Crippen molar-refractivity contribution in [2.24, 2.45) is 0 Å². The number of imide groups is 1. The maximum Gasteiger partial charge on any atom is 0.255 e. The Morgan fingerprint density at radius 1 is 1.09 bits per heavy atom. The van der Waals surface area contributed by atoms with Gasteiger partial charge in [0.05, 0.1) is 5.69 Å². The number of pyridine rings is 1. The van der Waals surface area contributed by atoms with Gasteiger partial charge in [0.1, 0.15) is 6.04 Å². The highest BCUT2D eigenvalue weighted by Gasteiger charge is 2.39. The number of hydrogen-bond donors (Lipinski definition) is 2. The number of benzene rings is 2. The average Bonchev–Trinajstić information content (AvgIpc) is 3.18.